The first-order valence-corrected chi connectivity index (χ1v) is 6.12. The normalized spacial score (nSPS) is 11.9. The maximum Gasteiger partial charge on any atom is 0.254 e. The zero-order valence-corrected chi connectivity index (χ0v) is 10.8. The zero-order chi connectivity index (χ0) is 13.4. The molecule has 0 bridgehead atoms. The van der Waals surface area contributed by atoms with Crippen molar-refractivity contribution in [3.05, 3.63) is 18.0 Å². The van der Waals surface area contributed by atoms with E-state index in [0.717, 1.165) is 19.3 Å². The topological polar surface area (TPSA) is 87.1 Å². The molecule has 0 unspecified atom stereocenters. The summed E-state index contributed by atoms with van der Waals surface area (Å²) in [7, 11) is 1.71. The number of rotatable bonds is 7. The fourth-order valence-corrected chi connectivity index (χ4v) is 1.50. The van der Waals surface area contributed by atoms with Gasteiger partial charge in [0.25, 0.3) is 5.91 Å². The number of aromatic nitrogens is 2. The van der Waals surface area contributed by atoms with Crippen LogP contribution in [0.3, 0.4) is 0 Å². The third-order valence-corrected chi connectivity index (χ3v) is 2.60. The van der Waals surface area contributed by atoms with E-state index in [4.69, 9.17) is 0 Å². The van der Waals surface area contributed by atoms with Gasteiger partial charge in [-0.05, 0) is 6.42 Å². The van der Waals surface area contributed by atoms with Gasteiger partial charge in [0.05, 0.1) is 18.2 Å². The quantitative estimate of drug-likeness (QED) is 0.668. The Bertz CT molecular complexity index is 367. The van der Waals surface area contributed by atoms with Gasteiger partial charge >= 0.3 is 0 Å². The van der Waals surface area contributed by atoms with Gasteiger partial charge in [0.2, 0.25) is 5.95 Å². The summed E-state index contributed by atoms with van der Waals surface area (Å²) in [6, 6.07) is -0.207. The second kappa shape index (κ2) is 7.60. The lowest BCUT2D eigenvalue weighted by molar-refractivity contribution is 0.0911. The molecule has 100 valence electrons. The summed E-state index contributed by atoms with van der Waals surface area (Å²) in [5.41, 5.74) is 0.393. The number of anilines is 1. The molecule has 0 radical (unpaired) electrons. The molecule has 0 saturated carbocycles. The van der Waals surface area contributed by atoms with Crippen molar-refractivity contribution in [2.75, 3.05) is 19.0 Å². The fraction of sp³-hybridized carbons (Fsp3) is 0.583. The Morgan fingerprint density at radius 3 is 2.61 bits per heavy atom. The summed E-state index contributed by atoms with van der Waals surface area (Å²) in [4.78, 5) is 19.8. The summed E-state index contributed by atoms with van der Waals surface area (Å²) in [5, 5.41) is 14.7. The van der Waals surface area contributed by atoms with Gasteiger partial charge in [0, 0.05) is 19.4 Å². The second-order valence-corrected chi connectivity index (χ2v) is 4.04. The second-order valence-electron chi connectivity index (χ2n) is 4.04. The van der Waals surface area contributed by atoms with Gasteiger partial charge in [-0.15, -0.1) is 0 Å². The molecular formula is C12H20N4O2. The van der Waals surface area contributed by atoms with Crippen LogP contribution in [0.4, 0.5) is 5.95 Å². The number of amides is 1. The van der Waals surface area contributed by atoms with Crippen LogP contribution in [0.25, 0.3) is 0 Å². The maximum atomic E-state index is 11.9. The van der Waals surface area contributed by atoms with Crippen LogP contribution in [0.2, 0.25) is 0 Å². The van der Waals surface area contributed by atoms with Gasteiger partial charge in [-0.25, -0.2) is 9.97 Å². The Hall–Kier alpha value is -1.69. The van der Waals surface area contributed by atoms with Crippen molar-refractivity contribution in [3.8, 4) is 0 Å². The van der Waals surface area contributed by atoms with Crippen molar-refractivity contribution in [2.24, 2.45) is 0 Å². The first kappa shape index (κ1) is 14.4. The van der Waals surface area contributed by atoms with Crippen LogP contribution in [-0.2, 0) is 0 Å². The number of hydrogen-bond acceptors (Lipinski definition) is 5. The smallest absolute Gasteiger partial charge is 0.254 e. The molecule has 0 aliphatic carbocycles. The fourth-order valence-electron chi connectivity index (χ4n) is 1.50. The van der Waals surface area contributed by atoms with Gasteiger partial charge in [0.1, 0.15) is 0 Å². The molecule has 0 aliphatic heterocycles. The van der Waals surface area contributed by atoms with Crippen LogP contribution in [0.1, 0.15) is 36.5 Å². The van der Waals surface area contributed by atoms with E-state index in [1.165, 1.54) is 12.4 Å². The molecule has 1 amide bonds. The maximum absolute atomic E-state index is 11.9. The van der Waals surface area contributed by atoms with Crippen molar-refractivity contribution in [3.63, 3.8) is 0 Å². The van der Waals surface area contributed by atoms with Crippen molar-refractivity contribution in [2.45, 2.75) is 32.2 Å². The molecule has 1 atom stereocenters. The minimum atomic E-state index is -0.257. The molecule has 6 nitrogen and oxygen atoms in total. The third-order valence-electron chi connectivity index (χ3n) is 2.60. The van der Waals surface area contributed by atoms with E-state index >= 15 is 0 Å². The largest absolute Gasteiger partial charge is 0.394 e. The minimum absolute atomic E-state index is 0.0544. The van der Waals surface area contributed by atoms with Gasteiger partial charge in [-0.1, -0.05) is 19.8 Å². The summed E-state index contributed by atoms with van der Waals surface area (Å²) >= 11 is 0. The molecule has 0 aliphatic rings. The van der Waals surface area contributed by atoms with E-state index in [9.17, 15) is 9.90 Å². The van der Waals surface area contributed by atoms with Crippen LogP contribution in [0.15, 0.2) is 12.4 Å². The molecule has 0 fully saturated rings. The average molecular weight is 252 g/mol. The molecule has 6 heteroatoms. The van der Waals surface area contributed by atoms with Crippen molar-refractivity contribution >= 4 is 11.9 Å². The third kappa shape index (κ3) is 4.29. The Morgan fingerprint density at radius 2 is 2.11 bits per heavy atom. The molecule has 0 saturated heterocycles. The van der Waals surface area contributed by atoms with Crippen molar-refractivity contribution < 1.29 is 9.90 Å². The minimum Gasteiger partial charge on any atom is -0.394 e. The summed E-state index contributed by atoms with van der Waals surface area (Å²) < 4.78 is 0. The number of aliphatic hydroxyl groups excluding tert-OH is 1. The molecular weight excluding hydrogens is 232 g/mol. The van der Waals surface area contributed by atoms with Crippen LogP contribution < -0.4 is 10.6 Å². The Balaban J connectivity index is 2.56. The van der Waals surface area contributed by atoms with Crippen LogP contribution in [-0.4, -0.2) is 40.7 Å². The lowest BCUT2D eigenvalue weighted by Crippen LogP contribution is -2.37. The number of nitrogens with one attached hydrogen (secondary N) is 2. The highest BCUT2D eigenvalue weighted by Gasteiger charge is 2.13. The Morgan fingerprint density at radius 1 is 1.44 bits per heavy atom. The van der Waals surface area contributed by atoms with Crippen LogP contribution in [0.5, 0.6) is 0 Å². The van der Waals surface area contributed by atoms with E-state index in [2.05, 4.69) is 27.5 Å². The number of carbonyl (C=O) groups is 1. The summed E-state index contributed by atoms with van der Waals surface area (Å²) in [6.45, 7) is 2.02. The first-order chi connectivity index (χ1) is 8.71. The molecule has 1 heterocycles. The van der Waals surface area contributed by atoms with Crippen LogP contribution >= 0.6 is 0 Å². The van der Waals surface area contributed by atoms with E-state index in [-0.39, 0.29) is 18.6 Å². The van der Waals surface area contributed by atoms with Gasteiger partial charge < -0.3 is 15.7 Å². The SMILES string of the molecule is CCCC[C@@H](CO)NC(=O)c1cnc(NC)nc1. The average Bonchev–Trinajstić information content (AvgIpc) is 2.43. The lowest BCUT2D eigenvalue weighted by atomic mass is 10.1. The summed E-state index contributed by atoms with van der Waals surface area (Å²) in [5.74, 6) is 0.212. The zero-order valence-electron chi connectivity index (χ0n) is 10.8. The highest BCUT2D eigenvalue weighted by Crippen LogP contribution is 2.03. The molecule has 1 rings (SSSR count). The van der Waals surface area contributed by atoms with Gasteiger partial charge in [0.15, 0.2) is 0 Å². The molecule has 1 aromatic rings. The van der Waals surface area contributed by atoms with Crippen molar-refractivity contribution in [1.29, 1.82) is 0 Å². The van der Waals surface area contributed by atoms with E-state index in [1.807, 2.05) is 0 Å². The molecule has 0 spiro atoms. The van der Waals surface area contributed by atoms with Crippen LogP contribution in [0, 0.1) is 0 Å². The number of unbranched alkanes of at least 4 members (excludes halogenated alkanes) is 1. The monoisotopic (exact) mass is 252 g/mol. The standard InChI is InChI=1S/C12H20N4O2/c1-3-4-5-10(8-17)16-11(18)9-6-14-12(13-2)15-7-9/h6-7,10,17H,3-5,8H2,1-2H3,(H,16,18)(H,13,14,15)/t10-/m0/s1. The van der Waals surface area contributed by atoms with E-state index < -0.39 is 0 Å². The predicted octanol–water partition coefficient (Wildman–Crippen LogP) is 0.799. The van der Waals surface area contributed by atoms with Gasteiger partial charge in [-0.3, -0.25) is 4.79 Å². The number of carbonyl (C=O) groups excluding carboxylic acids is 1. The van der Waals surface area contributed by atoms with E-state index in [0.29, 0.717) is 11.5 Å². The molecule has 18 heavy (non-hydrogen) atoms. The van der Waals surface area contributed by atoms with Crippen molar-refractivity contribution in [1.82, 2.24) is 15.3 Å². The Kier molecular flexibility index (Phi) is 6.07. The lowest BCUT2D eigenvalue weighted by Gasteiger charge is -2.15. The van der Waals surface area contributed by atoms with Gasteiger partial charge in [-0.2, -0.15) is 0 Å². The highest BCUT2D eigenvalue weighted by molar-refractivity contribution is 5.93. The summed E-state index contributed by atoms with van der Waals surface area (Å²) in [6.07, 6.45) is 5.70. The molecule has 0 aromatic carbocycles. The highest BCUT2D eigenvalue weighted by atomic mass is 16.3. The number of hydrogen-bond donors (Lipinski definition) is 3. The predicted molar refractivity (Wildman–Crippen MR) is 69.4 cm³/mol. The molecule has 1 aromatic heterocycles. The van der Waals surface area contributed by atoms with E-state index in [1.54, 1.807) is 7.05 Å². The number of aliphatic hydroxyl groups is 1. The molecule has 3 N–H and O–H groups in total. The first-order valence-electron chi connectivity index (χ1n) is 6.12. The Labute approximate surface area is 107 Å². The number of nitrogens with zero attached hydrogens (tertiary/aromatic N) is 2.